The number of carbonyl (C=O) groups excluding carboxylic acids is 1. The number of nitrogens with one attached hydrogen (secondary N) is 2. The molecule has 1 aliphatic carbocycles. The smallest absolute Gasteiger partial charge is 0.256 e. The van der Waals surface area contributed by atoms with Crippen molar-refractivity contribution in [2.45, 2.75) is 44.2 Å². The van der Waals surface area contributed by atoms with Crippen molar-refractivity contribution in [1.29, 1.82) is 0 Å². The lowest BCUT2D eigenvalue weighted by molar-refractivity contribution is 0.0948. The van der Waals surface area contributed by atoms with E-state index in [4.69, 9.17) is 4.42 Å². The van der Waals surface area contributed by atoms with E-state index < -0.39 is 10.0 Å². The maximum absolute atomic E-state index is 12.3. The van der Waals surface area contributed by atoms with Crippen LogP contribution in [0.1, 0.15) is 40.3 Å². The Bertz CT molecular complexity index is 899. The van der Waals surface area contributed by atoms with E-state index in [9.17, 15) is 13.2 Å². The predicted octanol–water partition coefficient (Wildman–Crippen LogP) is 3.03. The highest BCUT2D eigenvalue weighted by atomic mass is 79.9. The molecule has 0 unspecified atom stereocenters. The molecule has 1 fully saturated rings. The number of sulfonamides is 1. The van der Waals surface area contributed by atoms with Crippen LogP contribution in [0.4, 0.5) is 0 Å². The molecule has 0 radical (unpaired) electrons. The summed E-state index contributed by atoms with van der Waals surface area (Å²) >= 11 is 3.36. The molecule has 1 heterocycles. The Morgan fingerprint density at radius 1 is 1.20 bits per heavy atom. The van der Waals surface area contributed by atoms with Crippen LogP contribution in [0.25, 0.3) is 0 Å². The van der Waals surface area contributed by atoms with E-state index >= 15 is 0 Å². The number of hydrogen-bond donors (Lipinski definition) is 2. The van der Waals surface area contributed by atoms with Gasteiger partial charge in [0.2, 0.25) is 10.0 Å². The number of benzene rings is 1. The highest BCUT2D eigenvalue weighted by molar-refractivity contribution is 9.10. The summed E-state index contributed by atoms with van der Waals surface area (Å²) < 4.78 is 33.0. The number of hydrogen-bond acceptors (Lipinski definition) is 4. The Kier molecular flexibility index (Phi) is 5.04. The summed E-state index contributed by atoms with van der Waals surface area (Å²) in [5.74, 6) is 0.961. The lowest BCUT2D eigenvalue weighted by Crippen LogP contribution is -2.26. The van der Waals surface area contributed by atoms with Crippen LogP contribution < -0.4 is 10.0 Å². The van der Waals surface area contributed by atoms with Crippen molar-refractivity contribution in [2.75, 3.05) is 0 Å². The third kappa shape index (κ3) is 4.13. The molecule has 1 saturated carbocycles. The van der Waals surface area contributed by atoms with Crippen LogP contribution in [0.5, 0.6) is 0 Å². The molecule has 1 aromatic carbocycles. The molecule has 0 spiro atoms. The van der Waals surface area contributed by atoms with Gasteiger partial charge in [0, 0.05) is 12.6 Å². The Labute approximate surface area is 155 Å². The normalized spacial score (nSPS) is 14.5. The molecule has 25 heavy (non-hydrogen) atoms. The van der Waals surface area contributed by atoms with Crippen molar-refractivity contribution in [2.24, 2.45) is 0 Å². The van der Waals surface area contributed by atoms with Gasteiger partial charge >= 0.3 is 0 Å². The van der Waals surface area contributed by atoms with E-state index in [-0.39, 0.29) is 16.8 Å². The zero-order valence-electron chi connectivity index (χ0n) is 13.9. The topological polar surface area (TPSA) is 88.4 Å². The Hall–Kier alpha value is -1.64. The van der Waals surface area contributed by atoms with Crippen LogP contribution in [-0.2, 0) is 16.6 Å². The molecule has 1 aromatic heterocycles. The molecule has 2 aromatic rings. The van der Waals surface area contributed by atoms with Crippen LogP contribution in [0.15, 0.2) is 38.1 Å². The Balaban J connectivity index is 1.64. The molecule has 6 nitrogen and oxygen atoms in total. The molecular formula is C17H19BrN2O4S. The van der Waals surface area contributed by atoms with Gasteiger partial charge in [-0.3, -0.25) is 4.79 Å². The Morgan fingerprint density at radius 2 is 1.84 bits per heavy atom. The van der Waals surface area contributed by atoms with Gasteiger partial charge in [-0.1, -0.05) is 12.1 Å². The number of furan rings is 1. The van der Waals surface area contributed by atoms with Gasteiger partial charge in [0.25, 0.3) is 5.91 Å². The van der Waals surface area contributed by atoms with E-state index in [2.05, 4.69) is 26.0 Å². The van der Waals surface area contributed by atoms with E-state index in [1.54, 1.807) is 38.1 Å². The van der Waals surface area contributed by atoms with E-state index in [1.807, 2.05) is 0 Å². The monoisotopic (exact) mass is 426 g/mol. The maximum atomic E-state index is 12.3. The average Bonchev–Trinajstić information content (AvgIpc) is 3.32. The van der Waals surface area contributed by atoms with Gasteiger partial charge in [0.15, 0.2) is 0 Å². The van der Waals surface area contributed by atoms with Crippen LogP contribution in [-0.4, -0.2) is 20.4 Å². The molecule has 0 saturated heterocycles. The second kappa shape index (κ2) is 6.93. The average molecular weight is 427 g/mol. The van der Waals surface area contributed by atoms with Crippen molar-refractivity contribution in [1.82, 2.24) is 10.0 Å². The second-order valence-electron chi connectivity index (χ2n) is 6.13. The summed E-state index contributed by atoms with van der Waals surface area (Å²) in [5.41, 5.74) is 1.29. The molecule has 3 rings (SSSR count). The van der Waals surface area contributed by atoms with Crippen LogP contribution >= 0.6 is 15.9 Å². The fourth-order valence-corrected chi connectivity index (χ4v) is 4.31. The number of rotatable bonds is 6. The SMILES string of the molecule is Cc1oc(C)c(C(=O)NCc2ccc(S(=O)(=O)NC3CC3)cc2)c1Br. The van der Waals surface area contributed by atoms with Gasteiger partial charge in [-0.05, 0) is 60.3 Å². The summed E-state index contributed by atoms with van der Waals surface area (Å²) in [6.07, 6.45) is 1.79. The molecule has 134 valence electrons. The first-order valence-corrected chi connectivity index (χ1v) is 10.2. The molecule has 1 amide bonds. The number of aryl methyl sites for hydroxylation is 2. The van der Waals surface area contributed by atoms with Gasteiger partial charge in [0.05, 0.1) is 14.9 Å². The van der Waals surface area contributed by atoms with Gasteiger partial charge in [-0.2, -0.15) is 0 Å². The van der Waals surface area contributed by atoms with Crippen molar-refractivity contribution in [3.63, 3.8) is 0 Å². The van der Waals surface area contributed by atoms with Gasteiger partial charge in [-0.25, -0.2) is 13.1 Å². The molecule has 1 aliphatic rings. The number of carbonyl (C=O) groups is 1. The summed E-state index contributed by atoms with van der Waals surface area (Å²) in [5, 5.41) is 2.82. The van der Waals surface area contributed by atoms with Gasteiger partial charge in [0.1, 0.15) is 11.5 Å². The minimum absolute atomic E-state index is 0.0732. The number of amides is 1. The second-order valence-corrected chi connectivity index (χ2v) is 8.63. The standard InChI is InChI=1S/C17H19BrN2O4S/c1-10-15(16(18)11(2)24-10)17(21)19-9-12-3-7-14(8-4-12)25(22,23)20-13-5-6-13/h3-4,7-8,13,20H,5-6,9H2,1-2H3,(H,19,21). The highest BCUT2D eigenvalue weighted by Gasteiger charge is 2.27. The third-order valence-corrected chi connectivity index (χ3v) is 6.49. The molecular weight excluding hydrogens is 408 g/mol. The summed E-state index contributed by atoms with van der Waals surface area (Å²) in [7, 11) is -3.45. The minimum atomic E-state index is -3.45. The first-order valence-electron chi connectivity index (χ1n) is 7.93. The fourth-order valence-electron chi connectivity index (χ4n) is 2.46. The summed E-state index contributed by atoms with van der Waals surface area (Å²) in [6.45, 7) is 3.81. The fraction of sp³-hybridized carbons (Fsp3) is 0.353. The predicted molar refractivity (Wildman–Crippen MR) is 96.8 cm³/mol. The van der Waals surface area contributed by atoms with Crippen molar-refractivity contribution >= 4 is 31.9 Å². The summed E-state index contributed by atoms with van der Waals surface area (Å²) in [6, 6.07) is 6.57. The van der Waals surface area contributed by atoms with Crippen molar-refractivity contribution in [3.05, 3.63) is 51.4 Å². The molecule has 2 N–H and O–H groups in total. The largest absolute Gasteiger partial charge is 0.465 e. The maximum Gasteiger partial charge on any atom is 0.256 e. The zero-order chi connectivity index (χ0) is 18.2. The van der Waals surface area contributed by atoms with Gasteiger partial charge < -0.3 is 9.73 Å². The lowest BCUT2D eigenvalue weighted by Gasteiger charge is -2.08. The van der Waals surface area contributed by atoms with Crippen LogP contribution in [0, 0.1) is 13.8 Å². The lowest BCUT2D eigenvalue weighted by atomic mass is 10.2. The first-order chi connectivity index (χ1) is 11.8. The Morgan fingerprint density at radius 3 is 2.36 bits per heavy atom. The van der Waals surface area contributed by atoms with E-state index in [0.717, 1.165) is 18.4 Å². The van der Waals surface area contributed by atoms with Gasteiger partial charge in [-0.15, -0.1) is 0 Å². The molecule has 8 heteroatoms. The van der Waals surface area contributed by atoms with E-state index in [1.165, 1.54) is 0 Å². The summed E-state index contributed by atoms with van der Waals surface area (Å²) in [4.78, 5) is 12.6. The quantitative estimate of drug-likeness (QED) is 0.742. The first kappa shape index (κ1) is 18.2. The highest BCUT2D eigenvalue weighted by Crippen LogP contribution is 2.27. The zero-order valence-corrected chi connectivity index (χ0v) is 16.3. The minimum Gasteiger partial charge on any atom is -0.465 e. The van der Waals surface area contributed by atoms with Crippen LogP contribution in [0.2, 0.25) is 0 Å². The molecule has 0 bridgehead atoms. The third-order valence-electron chi connectivity index (χ3n) is 4.00. The number of halogens is 1. The van der Waals surface area contributed by atoms with Crippen molar-refractivity contribution in [3.8, 4) is 0 Å². The van der Waals surface area contributed by atoms with E-state index in [0.29, 0.717) is 28.1 Å². The molecule has 0 aliphatic heterocycles. The van der Waals surface area contributed by atoms with Crippen molar-refractivity contribution < 1.29 is 17.6 Å². The molecule has 0 atom stereocenters. The van der Waals surface area contributed by atoms with Crippen LogP contribution in [0.3, 0.4) is 0 Å².